The predicted octanol–water partition coefficient (Wildman–Crippen LogP) is 5.30. The van der Waals surface area contributed by atoms with Crippen molar-refractivity contribution >= 4 is 38.4 Å². The highest BCUT2D eigenvalue weighted by atomic mass is 32.1. The van der Waals surface area contributed by atoms with Crippen molar-refractivity contribution in [2.24, 2.45) is 0 Å². The maximum atomic E-state index is 13.4. The van der Waals surface area contributed by atoms with Crippen LogP contribution in [0.1, 0.15) is 33.5 Å². The molecule has 1 aliphatic heterocycles. The number of Topliss-reactive ketones (excluding diaryl/α,β-unsaturated/α-hetero) is 1. The molecule has 0 fully saturated rings. The summed E-state index contributed by atoms with van der Waals surface area (Å²) in [5.41, 5.74) is 2.35. The Morgan fingerprint density at radius 3 is 2.70 bits per heavy atom. The minimum Gasteiger partial charge on any atom is -0.503 e. The minimum absolute atomic E-state index is 0.0523. The fourth-order valence-corrected chi connectivity index (χ4v) is 5.06. The number of aliphatic hydroxyl groups excluding tert-OH is 1. The molecule has 8 heteroatoms. The summed E-state index contributed by atoms with van der Waals surface area (Å²) < 4.78 is 11.8. The Bertz CT molecular complexity index is 1450. The van der Waals surface area contributed by atoms with Crippen LogP contribution >= 0.6 is 11.3 Å². The molecular weight excluding hydrogens is 440 g/mol. The molecule has 1 amide bonds. The lowest BCUT2D eigenvalue weighted by Gasteiger charge is -2.24. The monoisotopic (exact) mass is 460 g/mol. The number of furan rings is 1. The summed E-state index contributed by atoms with van der Waals surface area (Å²) in [5.74, 6) is -0.689. The number of hydrogen-bond acceptors (Lipinski definition) is 7. The van der Waals surface area contributed by atoms with E-state index in [0.29, 0.717) is 22.2 Å². The summed E-state index contributed by atoms with van der Waals surface area (Å²) in [4.78, 5) is 32.7. The lowest BCUT2D eigenvalue weighted by Crippen LogP contribution is -2.31. The number of carbonyl (C=O) groups excluding carboxylic acids is 2. The van der Waals surface area contributed by atoms with Crippen LogP contribution < -0.4 is 9.64 Å². The van der Waals surface area contributed by atoms with Gasteiger partial charge in [0.25, 0.3) is 5.91 Å². The average Bonchev–Trinajstić information content (AvgIpc) is 3.49. The van der Waals surface area contributed by atoms with Gasteiger partial charge in [0.05, 0.1) is 28.9 Å². The van der Waals surface area contributed by atoms with E-state index in [4.69, 9.17) is 9.15 Å². The molecule has 33 heavy (non-hydrogen) atoms. The lowest BCUT2D eigenvalue weighted by molar-refractivity contribution is -0.117. The summed E-state index contributed by atoms with van der Waals surface area (Å²) in [6.45, 7) is 3.70. The van der Waals surface area contributed by atoms with Gasteiger partial charge >= 0.3 is 0 Å². The molecule has 1 unspecified atom stereocenters. The smallest absolute Gasteiger partial charge is 0.296 e. The number of anilines is 1. The first kappa shape index (κ1) is 21.0. The number of fused-ring (bicyclic) bond motifs is 1. The second-order valence-electron chi connectivity index (χ2n) is 7.82. The molecular formula is C25H20N2O5S. The van der Waals surface area contributed by atoms with Gasteiger partial charge in [0.15, 0.2) is 16.7 Å². The molecule has 1 N–H and O–H groups in total. The van der Waals surface area contributed by atoms with Crippen molar-refractivity contribution in [2.75, 3.05) is 12.0 Å². The van der Waals surface area contributed by atoms with Gasteiger partial charge in [0.1, 0.15) is 11.5 Å². The number of benzene rings is 2. The molecule has 5 rings (SSSR count). The fourth-order valence-electron chi connectivity index (χ4n) is 3.97. The SMILES string of the molecule is COc1cccc(C2C(C(=O)c3ccc(C)o3)=C(O)C(=O)N2c2nc3ccc(C)cc3s2)c1. The van der Waals surface area contributed by atoms with E-state index in [9.17, 15) is 14.7 Å². The number of thiazole rings is 1. The molecule has 1 atom stereocenters. The Kier molecular flexibility index (Phi) is 5.02. The zero-order chi connectivity index (χ0) is 23.3. The van der Waals surface area contributed by atoms with Gasteiger partial charge in [-0.15, -0.1) is 0 Å². The topological polar surface area (TPSA) is 92.9 Å². The number of nitrogens with zero attached hydrogens (tertiary/aromatic N) is 2. The third-order valence-electron chi connectivity index (χ3n) is 5.57. The summed E-state index contributed by atoms with van der Waals surface area (Å²) >= 11 is 1.33. The van der Waals surface area contributed by atoms with E-state index >= 15 is 0 Å². The Balaban J connectivity index is 1.69. The van der Waals surface area contributed by atoms with Crippen LogP contribution in [0.4, 0.5) is 5.13 Å². The van der Waals surface area contributed by atoms with Crippen LogP contribution in [0.15, 0.2) is 70.3 Å². The van der Waals surface area contributed by atoms with Gasteiger partial charge in [0.2, 0.25) is 5.78 Å². The molecule has 166 valence electrons. The van der Waals surface area contributed by atoms with Crippen LogP contribution in [0, 0.1) is 13.8 Å². The highest BCUT2D eigenvalue weighted by Gasteiger charge is 2.46. The second-order valence-corrected chi connectivity index (χ2v) is 8.83. The van der Waals surface area contributed by atoms with E-state index in [1.165, 1.54) is 29.4 Å². The van der Waals surface area contributed by atoms with Crippen LogP contribution in [0.3, 0.4) is 0 Å². The third-order valence-corrected chi connectivity index (χ3v) is 6.58. The molecule has 0 radical (unpaired) electrons. The van der Waals surface area contributed by atoms with Crippen LogP contribution in [0.25, 0.3) is 10.2 Å². The van der Waals surface area contributed by atoms with Crippen molar-refractivity contribution in [3.05, 3.63) is 88.6 Å². The lowest BCUT2D eigenvalue weighted by atomic mass is 9.95. The molecule has 7 nitrogen and oxygen atoms in total. The molecule has 3 heterocycles. The molecule has 2 aromatic carbocycles. The minimum atomic E-state index is -0.896. The maximum Gasteiger partial charge on any atom is 0.296 e. The number of ketones is 1. The Morgan fingerprint density at radius 2 is 1.97 bits per heavy atom. The van der Waals surface area contributed by atoms with Crippen molar-refractivity contribution in [3.63, 3.8) is 0 Å². The number of aryl methyl sites for hydroxylation is 2. The van der Waals surface area contributed by atoms with Crippen molar-refractivity contribution < 1.29 is 23.8 Å². The van der Waals surface area contributed by atoms with Crippen LogP contribution in [-0.4, -0.2) is 28.9 Å². The first-order valence-electron chi connectivity index (χ1n) is 10.3. The molecule has 0 spiro atoms. The molecule has 0 bridgehead atoms. The number of ether oxygens (including phenoxy) is 1. The van der Waals surface area contributed by atoms with Gasteiger partial charge in [-0.2, -0.15) is 0 Å². The maximum absolute atomic E-state index is 13.4. The quantitative estimate of drug-likeness (QED) is 0.407. The van der Waals surface area contributed by atoms with Crippen molar-refractivity contribution in [1.82, 2.24) is 4.98 Å². The molecule has 4 aromatic rings. The number of carbonyl (C=O) groups is 2. The first-order chi connectivity index (χ1) is 15.9. The van der Waals surface area contributed by atoms with Crippen LogP contribution in [-0.2, 0) is 4.79 Å². The van der Waals surface area contributed by atoms with Gasteiger partial charge in [-0.3, -0.25) is 14.5 Å². The van der Waals surface area contributed by atoms with E-state index < -0.39 is 23.5 Å². The summed E-state index contributed by atoms with van der Waals surface area (Å²) in [7, 11) is 1.54. The normalized spacial score (nSPS) is 16.2. The van der Waals surface area contributed by atoms with Gasteiger partial charge in [0, 0.05) is 0 Å². The number of aromatic nitrogens is 1. The number of rotatable bonds is 5. The average molecular weight is 461 g/mol. The van der Waals surface area contributed by atoms with Crippen LogP contribution in [0.2, 0.25) is 0 Å². The van der Waals surface area contributed by atoms with Crippen molar-refractivity contribution in [1.29, 1.82) is 0 Å². The van der Waals surface area contributed by atoms with Crippen molar-refractivity contribution in [2.45, 2.75) is 19.9 Å². The number of methoxy groups -OCH3 is 1. The summed E-state index contributed by atoms with van der Waals surface area (Å²) in [6.07, 6.45) is 0. The number of hydrogen-bond donors (Lipinski definition) is 1. The molecule has 0 saturated carbocycles. The molecule has 2 aromatic heterocycles. The molecule has 1 aliphatic rings. The third kappa shape index (κ3) is 3.48. The summed E-state index contributed by atoms with van der Waals surface area (Å²) in [5, 5.41) is 11.3. The zero-order valence-corrected chi connectivity index (χ0v) is 19.0. The van der Waals surface area contributed by atoms with E-state index in [-0.39, 0.29) is 11.3 Å². The van der Waals surface area contributed by atoms with Crippen molar-refractivity contribution in [3.8, 4) is 5.75 Å². The molecule has 0 aliphatic carbocycles. The molecule has 0 saturated heterocycles. The van der Waals surface area contributed by atoms with E-state index in [1.807, 2.05) is 25.1 Å². The number of amides is 1. The summed E-state index contributed by atoms with van der Waals surface area (Å²) in [6, 6.07) is 15.2. The highest BCUT2D eigenvalue weighted by molar-refractivity contribution is 7.22. The first-order valence-corrected chi connectivity index (χ1v) is 11.1. The van der Waals surface area contributed by atoms with E-state index in [1.54, 1.807) is 37.3 Å². The van der Waals surface area contributed by atoms with Crippen LogP contribution in [0.5, 0.6) is 5.75 Å². The van der Waals surface area contributed by atoms with Gasteiger partial charge in [-0.1, -0.05) is 29.5 Å². The Labute approximate surface area is 193 Å². The number of aliphatic hydroxyl groups is 1. The highest BCUT2D eigenvalue weighted by Crippen LogP contribution is 2.44. The zero-order valence-electron chi connectivity index (χ0n) is 18.2. The Hall–Kier alpha value is -3.91. The van der Waals surface area contributed by atoms with E-state index in [0.717, 1.165) is 15.8 Å². The largest absolute Gasteiger partial charge is 0.503 e. The second kappa shape index (κ2) is 7.90. The Morgan fingerprint density at radius 1 is 1.15 bits per heavy atom. The van der Waals surface area contributed by atoms with Gasteiger partial charge in [-0.25, -0.2) is 4.98 Å². The van der Waals surface area contributed by atoms with E-state index in [2.05, 4.69) is 4.98 Å². The standard InChI is InChI=1S/C25H20N2O5S/c1-13-7-9-17-19(11-13)33-25(26-17)27-21(15-5-4-6-16(12-15)31-3)20(23(29)24(27)30)22(28)18-10-8-14(2)32-18/h4-12,21,29H,1-3H3. The predicted molar refractivity (Wildman–Crippen MR) is 125 cm³/mol. The van der Waals surface area contributed by atoms with Gasteiger partial charge < -0.3 is 14.3 Å². The van der Waals surface area contributed by atoms with Gasteiger partial charge in [-0.05, 0) is 61.4 Å². The fraction of sp³-hybridized carbons (Fsp3) is 0.160.